The molecular formula is C11H12ClF3. The number of hydrogen-bond acceptors (Lipinski definition) is 0. The van der Waals surface area contributed by atoms with Gasteiger partial charge in [0.1, 0.15) is 0 Å². The van der Waals surface area contributed by atoms with Crippen molar-refractivity contribution in [2.24, 2.45) is 0 Å². The Morgan fingerprint density at radius 1 is 1.00 bits per heavy atom. The lowest BCUT2D eigenvalue weighted by Gasteiger charge is -2.22. The topological polar surface area (TPSA) is 0 Å². The molecule has 0 aliphatic carbocycles. The summed E-state index contributed by atoms with van der Waals surface area (Å²) in [7, 11) is 0. The van der Waals surface area contributed by atoms with E-state index in [0.29, 0.717) is 5.56 Å². The Balaban J connectivity index is 3.37. The van der Waals surface area contributed by atoms with E-state index in [2.05, 4.69) is 0 Å². The van der Waals surface area contributed by atoms with Crippen LogP contribution in [-0.4, -0.2) is 0 Å². The van der Waals surface area contributed by atoms with Crippen molar-refractivity contribution in [1.29, 1.82) is 0 Å². The summed E-state index contributed by atoms with van der Waals surface area (Å²) in [6.45, 7) is 5.48. The van der Waals surface area contributed by atoms with Crippen molar-refractivity contribution in [3.05, 3.63) is 34.3 Å². The maximum absolute atomic E-state index is 12.5. The first-order valence-corrected chi connectivity index (χ1v) is 4.88. The van der Waals surface area contributed by atoms with Gasteiger partial charge in [-0.2, -0.15) is 13.2 Å². The first-order chi connectivity index (χ1) is 6.64. The third-order valence-corrected chi connectivity index (χ3v) is 2.52. The molecule has 1 aromatic carbocycles. The Morgan fingerprint density at radius 3 is 1.87 bits per heavy atom. The van der Waals surface area contributed by atoms with E-state index in [1.54, 1.807) is 6.07 Å². The molecule has 0 heterocycles. The number of alkyl halides is 3. The van der Waals surface area contributed by atoms with Crippen LogP contribution in [-0.2, 0) is 11.6 Å². The van der Waals surface area contributed by atoms with Crippen molar-refractivity contribution in [3.8, 4) is 0 Å². The van der Waals surface area contributed by atoms with Crippen molar-refractivity contribution < 1.29 is 13.2 Å². The van der Waals surface area contributed by atoms with E-state index in [9.17, 15) is 13.2 Å². The van der Waals surface area contributed by atoms with Gasteiger partial charge in [0.25, 0.3) is 0 Å². The van der Waals surface area contributed by atoms with Gasteiger partial charge in [-0.1, -0.05) is 44.5 Å². The van der Waals surface area contributed by atoms with E-state index in [1.807, 2.05) is 20.8 Å². The minimum Gasteiger partial charge on any atom is -0.166 e. The highest BCUT2D eigenvalue weighted by molar-refractivity contribution is 6.32. The summed E-state index contributed by atoms with van der Waals surface area (Å²) >= 11 is 5.76. The zero-order chi connectivity index (χ0) is 11.9. The fourth-order valence-electron chi connectivity index (χ4n) is 1.33. The van der Waals surface area contributed by atoms with Crippen LogP contribution in [0.4, 0.5) is 13.2 Å². The highest BCUT2D eigenvalue weighted by Gasteiger charge is 2.35. The fourth-order valence-corrected chi connectivity index (χ4v) is 1.85. The third-order valence-electron chi connectivity index (χ3n) is 2.11. The van der Waals surface area contributed by atoms with E-state index in [1.165, 1.54) is 6.07 Å². The molecular weight excluding hydrogens is 225 g/mol. The van der Waals surface area contributed by atoms with Gasteiger partial charge in [0.2, 0.25) is 0 Å². The van der Waals surface area contributed by atoms with E-state index >= 15 is 0 Å². The molecule has 0 aliphatic rings. The van der Waals surface area contributed by atoms with Gasteiger partial charge in [-0.15, -0.1) is 0 Å². The Bertz CT molecular complexity index is 329. The average Bonchev–Trinajstić information content (AvgIpc) is 1.99. The first-order valence-electron chi connectivity index (χ1n) is 4.50. The van der Waals surface area contributed by atoms with Crippen LogP contribution in [0, 0.1) is 0 Å². The van der Waals surface area contributed by atoms with Gasteiger partial charge < -0.3 is 0 Å². The summed E-state index contributed by atoms with van der Waals surface area (Å²) in [5, 5.41) is -0.197. The Kier molecular flexibility index (Phi) is 3.06. The maximum Gasteiger partial charge on any atom is 0.417 e. The predicted octanol–water partition coefficient (Wildman–Crippen LogP) is 4.66. The number of benzene rings is 1. The largest absolute Gasteiger partial charge is 0.417 e. The highest BCUT2D eigenvalue weighted by atomic mass is 35.5. The van der Waals surface area contributed by atoms with Gasteiger partial charge in [-0.3, -0.25) is 0 Å². The summed E-state index contributed by atoms with van der Waals surface area (Å²) in [6.07, 6.45) is -4.39. The van der Waals surface area contributed by atoms with Crippen LogP contribution in [0.25, 0.3) is 0 Å². The molecule has 0 aliphatic heterocycles. The standard InChI is InChI=1S/C11H12ClF3/c1-10(2,3)7-5-4-6-8(9(7)12)11(13,14)15/h4-6H,1-3H3. The van der Waals surface area contributed by atoms with Gasteiger partial charge >= 0.3 is 6.18 Å². The van der Waals surface area contributed by atoms with E-state index in [0.717, 1.165) is 6.07 Å². The normalized spacial score (nSPS) is 13.0. The van der Waals surface area contributed by atoms with Crippen molar-refractivity contribution in [3.63, 3.8) is 0 Å². The van der Waals surface area contributed by atoms with Crippen LogP contribution in [0.5, 0.6) is 0 Å². The van der Waals surface area contributed by atoms with Crippen LogP contribution < -0.4 is 0 Å². The zero-order valence-corrected chi connectivity index (χ0v) is 9.50. The van der Waals surface area contributed by atoms with Crippen LogP contribution in [0.15, 0.2) is 18.2 Å². The molecule has 0 unspecified atom stereocenters. The number of rotatable bonds is 0. The SMILES string of the molecule is CC(C)(C)c1cccc(C(F)(F)F)c1Cl. The van der Waals surface area contributed by atoms with Crippen LogP contribution in [0.2, 0.25) is 5.02 Å². The average molecular weight is 237 g/mol. The van der Waals surface area contributed by atoms with Crippen LogP contribution in [0.1, 0.15) is 31.9 Å². The lowest BCUT2D eigenvalue weighted by molar-refractivity contribution is -0.137. The summed E-state index contributed by atoms with van der Waals surface area (Å²) in [5.41, 5.74) is -0.645. The predicted molar refractivity (Wildman–Crippen MR) is 55.2 cm³/mol. The van der Waals surface area contributed by atoms with Gasteiger partial charge in [-0.05, 0) is 17.0 Å². The van der Waals surface area contributed by atoms with Crippen LogP contribution >= 0.6 is 11.6 Å². The Labute approximate surface area is 92.1 Å². The molecule has 0 N–H and O–H groups in total. The fraction of sp³-hybridized carbons (Fsp3) is 0.455. The zero-order valence-electron chi connectivity index (χ0n) is 8.74. The smallest absolute Gasteiger partial charge is 0.166 e. The lowest BCUT2D eigenvalue weighted by atomic mass is 9.86. The molecule has 0 aromatic heterocycles. The van der Waals surface area contributed by atoms with Crippen molar-refractivity contribution in [2.45, 2.75) is 32.4 Å². The number of halogens is 4. The maximum atomic E-state index is 12.5. The van der Waals surface area contributed by atoms with Crippen molar-refractivity contribution in [2.75, 3.05) is 0 Å². The minimum absolute atomic E-state index is 0.197. The van der Waals surface area contributed by atoms with E-state index < -0.39 is 17.2 Å². The second-order valence-corrected chi connectivity index (χ2v) is 4.79. The molecule has 84 valence electrons. The summed E-state index contributed by atoms with van der Waals surface area (Å²) in [5.74, 6) is 0. The second kappa shape index (κ2) is 3.71. The van der Waals surface area contributed by atoms with E-state index in [4.69, 9.17) is 11.6 Å². The molecule has 0 nitrogen and oxygen atoms in total. The van der Waals surface area contributed by atoms with Gasteiger partial charge in [0.15, 0.2) is 0 Å². The Morgan fingerprint density at radius 2 is 1.47 bits per heavy atom. The molecule has 0 atom stereocenters. The molecule has 15 heavy (non-hydrogen) atoms. The van der Waals surface area contributed by atoms with Crippen molar-refractivity contribution in [1.82, 2.24) is 0 Å². The molecule has 4 heteroatoms. The molecule has 1 aromatic rings. The molecule has 0 bridgehead atoms. The summed E-state index contributed by atoms with van der Waals surface area (Å²) in [6, 6.07) is 4.00. The minimum atomic E-state index is -4.39. The molecule has 0 fully saturated rings. The third kappa shape index (κ3) is 2.65. The van der Waals surface area contributed by atoms with E-state index in [-0.39, 0.29) is 5.02 Å². The molecule has 0 saturated carbocycles. The molecule has 0 saturated heterocycles. The second-order valence-electron chi connectivity index (χ2n) is 4.41. The summed E-state index contributed by atoms with van der Waals surface area (Å²) < 4.78 is 37.6. The van der Waals surface area contributed by atoms with Gasteiger partial charge in [0.05, 0.1) is 10.6 Å². The number of hydrogen-bond donors (Lipinski definition) is 0. The van der Waals surface area contributed by atoms with Gasteiger partial charge in [-0.25, -0.2) is 0 Å². The van der Waals surface area contributed by atoms with Gasteiger partial charge in [0, 0.05) is 0 Å². The molecule has 0 radical (unpaired) electrons. The van der Waals surface area contributed by atoms with Crippen molar-refractivity contribution >= 4 is 11.6 Å². The monoisotopic (exact) mass is 236 g/mol. The Hall–Kier alpha value is -0.700. The first kappa shape index (κ1) is 12.4. The molecule has 1 rings (SSSR count). The highest BCUT2D eigenvalue weighted by Crippen LogP contribution is 2.39. The lowest BCUT2D eigenvalue weighted by Crippen LogP contribution is -2.15. The molecule has 0 amide bonds. The molecule has 0 spiro atoms. The summed E-state index contributed by atoms with van der Waals surface area (Å²) in [4.78, 5) is 0. The quantitative estimate of drug-likeness (QED) is 0.615. The van der Waals surface area contributed by atoms with Crippen LogP contribution in [0.3, 0.4) is 0 Å².